The smallest absolute Gasteiger partial charge is 0.355 e. The molecule has 0 spiro atoms. The highest BCUT2D eigenvalue weighted by atomic mass is 19.1. The first-order valence-electron chi connectivity index (χ1n) is 6.66. The van der Waals surface area contributed by atoms with Gasteiger partial charge in [-0.3, -0.25) is 15.2 Å². The van der Waals surface area contributed by atoms with Crippen molar-refractivity contribution in [3.05, 3.63) is 47.7 Å². The highest BCUT2D eigenvalue weighted by molar-refractivity contribution is 5.95. The van der Waals surface area contributed by atoms with Crippen LogP contribution >= 0.6 is 0 Å². The second-order valence-corrected chi connectivity index (χ2v) is 3.80. The molecule has 1 heterocycles. The molecule has 0 fully saturated rings. The zero-order valence-corrected chi connectivity index (χ0v) is 13.1. The van der Waals surface area contributed by atoms with Crippen molar-refractivity contribution in [1.29, 1.82) is 0 Å². The first kappa shape index (κ1) is 20.3. The van der Waals surface area contributed by atoms with Crippen molar-refractivity contribution >= 4 is 22.4 Å². The SMILES string of the molecule is CC.CF.NN/C(C(=O)O)=C(\N)c1cc2cc(F)ccc2cn1. The molecular formula is C15H20F2N4O2. The Morgan fingerprint density at radius 3 is 2.35 bits per heavy atom. The van der Waals surface area contributed by atoms with Gasteiger partial charge in [-0.15, -0.1) is 0 Å². The van der Waals surface area contributed by atoms with E-state index in [1.54, 1.807) is 6.07 Å². The molecule has 6 nitrogen and oxygen atoms in total. The fourth-order valence-corrected chi connectivity index (χ4v) is 1.64. The summed E-state index contributed by atoms with van der Waals surface area (Å²) in [6, 6.07) is 5.69. The summed E-state index contributed by atoms with van der Waals surface area (Å²) in [5, 5.41) is 10.2. The van der Waals surface area contributed by atoms with Crippen LogP contribution in [0.2, 0.25) is 0 Å². The molecule has 0 unspecified atom stereocenters. The molecule has 0 saturated carbocycles. The molecule has 0 atom stereocenters. The van der Waals surface area contributed by atoms with E-state index < -0.39 is 11.8 Å². The van der Waals surface area contributed by atoms with E-state index in [1.165, 1.54) is 24.4 Å². The number of rotatable bonds is 3. The summed E-state index contributed by atoms with van der Waals surface area (Å²) in [4.78, 5) is 14.9. The molecule has 0 radical (unpaired) electrons. The van der Waals surface area contributed by atoms with E-state index in [9.17, 15) is 13.6 Å². The molecule has 0 aliphatic carbocycles. The molecule has 23 heavy (non-hydrogen) atoms. The van der Waals surface area contributed by atoms with Gasteiger partial charge in [-0.05, 0) is 29.7 Å². The lowest BCUT2D eigenvalue weighted by molar-refractivity contribution is -0.133. The number of aliphatic carboxylic acids is 1. The fraction of sp³-hybridized carbons (Fsp3) is 0.200. The Labute approximate surface area is 132 Å². The van der Waals surface area contributed by atoms with Crippen molar-refractivity contribution in [2.24, 2.45) is 11.6 Å². The third kappa shape index (κ3) is 5.19. The Morgan fingerprint density at radius 1 is 1.22 bits per heavy atom. The number of fused-ring (bicyclic) bond motifs is 1. The van der Waals surface area contributed by atoms with Crippen molar-refractivity contribution < 1.29 is 18.7 Å². The number of nitrogens with two attached hydrogens (primary N) is 2. The molecule has 2 aromatic rings. The second-order valence-electron chi connectivity index (χ2n) is 3.80. The quantitative estimate of drug-likeness (QED) is 0.390. The Bertz CT molecular complexity index is 690. The minimum Gasteiger partial charge on any atom is -0.476 e. The summed E-state index contributed by atoms with van der Waals surface area (Å²) in [6.07, 6.45) is 1.48. The molecule has 2 rings (SSSR count). The summed E-state index contributed by atoms with van der Waals surface area (Å²) in [6.45, 7) is 4.00. The highest BCUT2D eigenvalue weighted by Gasteiger charge is 2.13. The number of hydrogen-bond donors (Lipinski definition) is 4. The standard InChI is InChI=1S/C12H11FN4O2.C2H6.CH3F/c13-8-2-1-6-5-16-9(4-7(6)3-8)10(14)11(17-15)12(18)19;2*1-2/h1-5,17H,14-15H2,(H,18,19);1-2H3;1H3/b11-10-;;. The zero-order chi connectivity index (χ0) is 18.0. The molecule has 8 heteroatoms. The maximum absolute atomic E-state index is 13.1. The number of hydrazine groups is 1. The first-order chi connectivity index (χ1) is 11.0. The van der Waals surface area contributed by atoms with Crippen LogP contribution in [0.1, 0.15) is 19.5 Å². The molecule has 6 N–H and O–H groups in total. The number of alkyl halides is 1. The number of halogens is 2. The Morgan fingerprint density at radius 2 is 1.83 bits per heavy atom. The maximum Gasteiger partial charge on any atom is 0.355 e. The molecule has 1 aromatic heterocycles. The maximum atomic E-state index is 13.1. The van der Waals surface area contributed by atoms with Crippen molar-refractivity contribution in [1.82, 2.24) is 10.4 Å². The Hall–Kier alpha value is -2.74. The van der Waals surface area contributed by atoms with Crippen LogP contribution in [0.15, 0.2) is 36.2 Å². The number of nitrogens with zero attached hydrogens (tertiary/aromatic N) is 1. The van der Waals surface area contributed by atoms with Crippen LogP contribution in [-0.4, -0.2) is 23.2 Å². The van der Waals surface area contributed by atoms with E-state index in [0.29, 0.717) is 12.6 Å². The number of hydrogen-bond acceptors (Lipinski definition) is 5. The van der Waals surface area contributed by atoms with Gasteiger partial charge < -0.3 is 16.3 Å². The zero-order valence-electron chi connectivity index (χ0n) is 13.1. The molecule has 0 aliphatic rings. The number of pyridine rings is 1. The monoisotopic (exact) mass is 326 g/mol. The van der Waals surface area contributed by atoms with Crippen molar-refractivity contribution in [2.45, 2.75) is 13.8 Å². The summed E-state index contributed by atoms with van der Waals surface area (Å²) in [5.41, 5.74) is 7.39. The van der Waals surface area contributed by atoms with Gasteiger partial charge in [0.2, 0.25) is 0 Å². The number of benzene rings is 1. The van der Waals surface area contributed by atoms with Crippen molar-refractivity contribution in [3.63, 3.8) is 0 Å². The number of nitrogens with one attached hydrogen (secondary N) is 1. The van der Waals surface area contributed by atoms with E-state index in [2.05, 4.69) is 4.98 Å². The van der Waals surface area contributed by atoms with E-state index in [0.717, 1.165) is 5.39 Å². The van der Waals surface area contributed by atoms with Gasteiger partial charge in [0, 0.05) is 11.6 Å². The van der Waals surface area contributed by atoms with E-state index in [1.807, 2.05) is 19.3 Å². The minimum absolute atomic E-state index is 0.124. The van der Waals surface area contributed by atoms with E-state index in [4.69, 9.17) is 16.7 Å². The van der Waals surface area contributed by atoms with Crippen LogP contribution in [-0.2, 0) is 4.79 Å². The van der Waals surface area contributed by atoms with Gasteiger partial charge in [-0.2, -0.15) is 0 Å². The van der Waals surface area contributed by atoms with Crippen LogP contribution in [0.25, 0.3) is 16.5 Å². The normalized spacial score (nSPS) is 10.5. The Balaban J connectivity index is 0.00000112. The van der Waals surface area contributed by atoms with Crippen LogP contribution in [0, 0.1) is 5.82 Å². The van der Waals surface area contributed by atoms with Crippen LogP contribution in [0.5, 0.6) is 0 Å². The van der Waals surface area contributed by atoms with Gasteiger partial charge in [0.25, 0.3) is 0 Å². The highest BCUT2D eigenvalue weighted by Crippen LogP contribution is 2.18. The topological polar surface area (TPSA) is 114 Å². The average molecular weight is 326 g/mol. The fourth-order valence-electron chi connectivity index (χ4n) is 1.64. The summed E-state index contributed by atoms with van der Waals surface area (Å²) in [7, 11) is 0.500. The van der Waals surface area contributed by atoms with Gasteiger partial charge in [-0.25, -0.2) is 9.18 Å². The number of carbonyl (C=O) groups is 1. The molecule has 0 saturated heterocycles. The summed E-state index contributed by atoms with van der Waals surface area (Å²) >= 11 is 0. The predicted molar refractivity (Wildman–Crippen MR) is 86.1 cm³/mol. The van der Waals surface area contributed by atoms with Gasteiger partial charge in [-0.1, -0.05) is 13.8 Å². The Kier molecular flexibility index (Phi) is 8.87. The summed E-state index contributed by atoms with van der Waals surface area (Å²) < 4.78 is 22.6. The minimum atomic E-state index is -1.30. The molecule has 0 bridgehead atoms. The molecule has 1 aromatic carbocycles. The van der Waals surface area contributed by atoms with E-state index >= 15 is 0 Å². The van der Waals surface area contributed by atoms with Crippen LogP contribution < -0.4 is 17.0 Å². The summed E-state index contributed by atoms with van der Waals surface area (Å²) in [5.74, 6) is 3.39. The van der Waals surface area contributed by atoms with Gasteiger partial charge >= 0.3 is 5.97 Å². The van der Waals surface area contributed by atoms with Crippen LogP contribution in [0.3, 0.4) is 0 Å². The number of carboxylic acids is 1. The van der Waals surface area contributed by atoms with Gasteiger partial charge in [0.05, 0.1) is 18.6 Å². The van der Waals surface area contributed by atoms with Crippen molar-refractivity contribution in [2.75, 3.05) is 7.18 Å². The first-order valence-corrected chi connectivity index (χ1v) is 6.66. The number of carboxylic acid groups (broad SMARTS) is 1. The molecule has 0 amide bonds. The molecular weight excluding hydrogens is 306 g/mol. The lowest BCUT2D eigenvalue weighted by atomic mass is 10.1. The van der Waals surface area contributed by atoms with Gasteiger partial charge in [0.15, 0.2) is 5.70 Å². The third-order valence-electron chi connectivity index (χ3n) is 2.59. The third-order valence-corrected chi connectivity index (χ3v) is 2.59. The van der Waals surface area contributed by atoms with Crippen LogP contribution in [0.4, 0.5) is 8.78 Å². The lowest BCUT2D eigenvalue weighted by Gasteiger charge is -2.07. The van der Waals surface area contributed by atoms with Crippen molar-refractivity contribution in [3.8, 4) is 0 Å². The average Bonchev–Trinajstić information content (AvgIpc) is 2.58. The number of aromatic nitrogens is 1. The lowest BCUT2D eigenvalue weighted by Crippen LogP contribution is -2.29. The molecule has 126 valence electrons. The predicted octanol–water partition coefficient (Wildman–Crippen LogP) is 2.16. The van der Waals surface area contributed by atoms with Gasteiger partial charge in [0.1, 0.15) is 5.82 Å². The van der Waals surface area contributed by atoms with E-state index in [-0.39, 0.29) is 17.1 Å². The second kappa shape index (κ2) is 10.1. The largest absolute Gasteiger partial charge is 0.476 e. The molecule has 0 aliphatic heterocycles.